The Kier molecular flexibility index (Phi) is 10.6. The van der Waals surface area contributed by atoms with E-state index in [9.17, 15) is 24.0 Å². The summed E-state index contributed by atoms with van der Waals surface area (Å²) in [5.74, 6) is -3.31. The molecule has 0 heterocycles. The minimum absolute atomic E-state index is 0.0135. The fourth-order valence-electron chi connectivity index (χ4n) is 4.75. The van der Waals surface area contributed by atoms with Crippen molar-refractivity contribution in [2.75, 3.05) is 6.61 Å². The smallest absolute Gasteiger partial charge is 0.407 e. The molecule has 0 bridgehead atoms. The van der Waals surface area contributed by atoms with Crippen molar-refractivity contribution in [1.29, 1.82) is 0 Å². The topological polar surface area (TPSA) is 163 Å². The van der Waals surface area contributed by atoms with Crippen molar-refractivity contribution in [2.45, 2.75) is 90.0 Å². The lowest BCUT2D eigenvalue weighted by Gasteiger charge is -2.24. The summed E-state index contributed by atoms with van der Waals surface area (Å²) in [5.41, 5.74) is 8.02. The van der Waals surface area contributed by atoms with Gasteiger partial charge in [0.1, 0.15) is 29.9 Å². The van der Waals surface area contributed by atoms with E-state index in [0.717, 1.165) is 22.3 Å². The molecule has 11 heteroatoms. The normalized spacial score (nSPS) is 14.0. The summed E-state index contributed by atoms with van der Waals surface area (Å²) in [7, 11) is 0. The molecule has 0 fully saturated rings. The highest BCUT2D eigenvalue weighted by Crippen LogP contribution is 2.44. The van der Waals surface area contributed by atoms with E-state index in [1.54, 1.807) is 41.5 Å². The van der Waals surface area contributed by atoms with Crippen LogP contribution in [0, 0.1) is 0 Å². The first-order valence-electron chi connectivity index (χ1n) is 14.2. The van der Waals surface area contributed by atoms with E-state index in [0.29, 0.717) is 0 Å². The van der Waals surface area contributed by atoms with E-state index >= 15 is 0 Å². The lowest BCUT2D eigenvalue weighted by atomic mass is 9.98. The minimum Gasteiger partial charge on any atom is -0.460 e. The van der Waals surface area contributed by atoms with Crippen molar-refractivity contribution in [3.63, 3.8) is 0 Å². The maximum absolute atomic E-state index is 13.2. The molecular weight excluding hydrogens is 554 g/mol. The Hall–Kier alpha value is -4.41. The molecule has 0 aromatic heterocycles. The van der Waals surface area contributed by atoms with Gasteiger partial charge in [-0.1, -0.05) is 48.5 Å². The Balaban J connectivity index is 1.70. The number of nitrogens with one attached hydrogen (secondary N) is 2. The first-order chi connectivity index (χ1) is 20.0. The lowest BCUT2D eigenvalue weighted by molar-refractivity contribution is -0.156. The number of carbonyl (C=O) groups is 5. The van der Waals surface area contributed by atoms with E-state index in [-0.39, 0.29) is 25.4 Å². The van der Waals surface area contributed by atoms with Crippen LogP contribution >= 0.6 is 0 Å². The number of amides is 3. The van der Waals surface area contributed by atoms with Crippen LogP contribution in [0.5, 0.6) is 0 Å². The Morgan fingerprint density at radius 3 is 1.79 bits per heavy atom. The highest BCUT2D eigenvalue weighted by Gasteiger charge is 2.32. The molecule has 3 amide bonds. The van der Waals surface area contributed by atoms with Crippen molar-refractivity contribution in [3.8, 4) is 11.1 Å². The van der Waals surface area contributed by atoms with E-state index in [1.165, 1.54) is 0 Å². The Morgan fingerprint density at radius 1 is 0.767 bits per heavy atom. The summed E-state index contributed by atoms with van der Waals surface area (Å²) in [6, 6.07) is 13.0. The molecule has 1 aliphatic rings. The van der Waals surface area contributed by atoms with E-state index in [2.05, 4.69) is 10.6 Å². The van der Waals surface area contributed by atoms with Crippen LogP contribution in [0.15, 0.2) is 48.5 Å². The summed E-state index contributed by atoms with van der Waals surface area (Å²) in [4.78, 5) is 63.0. The number of alkyl carbamates (subject to hydrolysis) is 1. The highest BCUT2D eigenvalue weighted by molar-refractivity contribution is 5.93. The van der Waals surface area contributed by atoms with Crippen LogP contribution in [0.2, 0.25) is 0 Å². The van der Waals surface area contributed by atoms with Crippen LogP contribution in [0.4, 0.5) is 4.79 Å². The van der Waals surface area contributed by atoms with Gasteiger partial charge < -0.3 is 30.6 Å². The number of fused-ring (bicyclic) bond motifs is 3. The second kappa shape index (κ2) is 13.7. The van der Waals surface area contributed by atoms with Gasteiger partial charge in [0.2, 0.25) is 11.8 Å². The number of primary amides is 1. The molecule has 0 saturated heterocycles. The average molecular weight is 596 g/mol. The molecule has 11 nitrogen and oxygen atoms in total. The van der Waals surface area contributed by atoms with Gasteiger partial charge in [0.25, 0.3) is 0 Å². The molecule has 0 saturated carbocycles. The minimum atomic E-state index is -1.45. The quantitative estimate of drug-likeness (QED) is 0.261. The summed E-state index contributed by atoms with van der Waals surface area (Å²) in [6.07, 6.45) is -1.80. The zero-order valence-corrected chi connectivity index (χ0v) is 25.5. The number of hydrogen-bond acceptors (Lipinski definition) is 8. The summed E-state index contributed by atoms with van der Waals surface area (Å²) in [5, 5.41) is 4.86. The van der Waals surface area contributed by atoms with E-state index in [4.69, 9.17) is 19.9 Å². The monoisotopic (exact) mass is 595 g/mol. The Labute approximate surface area is 251 Å². The fourth-order valence-corrected chi connectivity index (χ4v) is 4.75. The molecule has 0 aliphatic heterocycles. The molecule has 4 N–H and O–H groups in total. The Bertz CT molecular complexity index is 1310. The van der Waals surface area contributed by atoms with Crippen molar-refractivity contribution in [3.05, 3.63) is 59.7 Å². The molecule has 2 aromatic carbocycles. The summed E-state index contributed by atoms with van der Waals surface area (Å²) < 4.78 is 16.1. The van der Waals surface area contributed by atoms with E-state index < -0.39 is 59.6 Å². The van der Waals surface area contributed by atoms with Gasteiger partial charge in [0, 0.05) is 12.3 Å². The first-order valence-corrected chi connectivity index (χ1v) is 14.2. The van der Waals surface area contributed by atoms with Gasteiger partial charge in [0.15, 0.2) is 0 Å². The maximum Gasteiger partial charge on any atom is 0.407 e. The van der Waals surface area contributed by atoms with E-state index in [1.807, 2.05) is 48.5 Å². The SMILES string of the molecule is CC(C)(C)OC(=O)CCC(NC(=O)C(CC(=O)OC(C)(C)C)NC(=O)OCC1c2ccccc2-c2ccccc21)C(N)=O. The summed E-state index contributed by atoms with van der Waals surface area (Å²) in [6.45, 7) is 10.1. The zero-order valence-electron chi connectivity index (χ0n) is 25.5. The van der Waals surface area contributed by atoms with Crippen LogP contribution < -0.4 is 16.4 Å². The molecule has 2 aromatic rings. The van der Waals surface area contributed by atoms with Crippen LogP contribution in [0.25, 0.3) is 11.1 Å². The molecule has 2 unspecified atom stereocenters. The molecule has 2 atom stereocenters. The lowest BCUT2D eigenvalue weighted by Crippen LogP contribution is -2.54. The third-order valence-electron chi connectivity index (χ3n) is 6.46. The van der Waals surface area contributed by atoms with Crippen LogP contribution in [0.1, 0.15) is 77.8 Å². The predicted octanol–water partition coefficient (Wildman–Crippen LogP) is 3.72. The van der Waals surface area contributed by atoms with Crippen LogP contribution in [0.3, 0.4) is 0 Å². The predicted molar refractivity (Wildman–Crippen MR) is 159 cm³/mol. The fraction of sp³-hybridized carbons (Fsp3) is 0.469. The molecule has 43 heavy (non-hydrogen) atoms. The van der Waals surface area contributed by atoms with Gasteiger partial charge >= 0.3 is 18.0 Å². The second-order valence-corrected chi connectivity index (χ2v) is 12.4. The second-order valence-electron chi connectivity index (χ2n) is 12.4. The zero-order chi connectivity index (χ0) is 31.9. The van der Waals surface area contributed by atoms with Gasteiger partial charge in [0.05, 0.1) is 6.42 Å². The van der Waals surface area contributed by atoms with Crippen molar-refractivity contribution < 1.29 is 38.2 Å². The van der Waals surface area contributed by atoms with Crippen molar-refractivity contribution in [2.24, 2.45) is 5.73 Å². The van der Waals surface area contributed by atoms with Gasteiger partial charge in [-0.3, -0.25) is 19.2 Å². The molecule has 0 spiro atoms. The number of hydrogen-bond donors (Lipinski definition) is 3. The molecule has 1 aliphatic carbocycles. The number of rotatable bonds is 11. The van der Waals surface area contributed by atoms with Gasteiger partial charge in [-0.15, -0.1) is 0 Å². The Morgan fingerprint density at radius 2 is 1.28 bits per heavy atom. The third-order valence-corrected chi connectivity index (χ3v) is 6.46. The van der Waals surface area contributed by atoms with Gasteiger partial charge in [-0.2, -0.15) is 0 Å². The standard InChI is InChI=1S/C32H41N3O8/c1-31(2,3)42-26(36)16-15-24(28(33)38)34-29(39)25(17-27(37)43-32(4,5)6)35-30(40)41-18-23-21-13-9-7-11-19(21)20-12-8-10-14-22(20)23/h7-14,23-25H,15-18H2,1-6H3,(H2,33,38)(H,34,39)(H,35,40). The van der Waals surface area contributed by atoms with Crippen LogP contribution in [-0.4, -0.2) is 59.7 Å². The largest absolute Gasteiger partial charge is 0.460 e. The van der Waals surface area contributed by atoms with Gasteiger partial charge in [-0.25, -0.2) is 4.79 Å². The number of benzene rings is 2. The number of carbonyl (C=O) groups excluding carboxylic acids is 5. The molecule has 232 valence electrons. The van der Waals surface area contributed by atoms with Crippen molar-refractivity contribution in [1.82, 2.24) is 10.6 Å². The summed E-state index contributed by atoms with van der Waals surface area (Å²) >= 11 is 0. The van der Waals surface area contributed by atoms with Crippen LogP contribution in [-0.2, 0) is 33.4 Å². The first kappa shape index (κ1) is 33.1. The van der Waals surface area contributed by atoms with Gasteiger partial charge in [-0.05, 0) is 70.2 Å². The maximum atomic E-state index is 13.2. The average Bonchev–Trinajstić information content (AvgIpc) is 3.20. The number of esters is 2. The molecule has 3 rings (SSSR count). The third kappa shape index (κ3) is 9.83. The number of ether oxygens (including phenoxy) is 3. The number of nitrogens with two attached hydrogens (primary N) is 1. The highest BCUT2D eigenvalue weighted by atomic mass is 16.6. The molecular formula is C32H41N3O8. The van der Waals surface area contributed by atoms with Crippen molar-refractivity contribution >= 4 is 29.8 Å². The molecule has 0 radical (unpaired) electrons.